The van der Waals surface area contributed by atoms with Crippen LogP contribution in [-0.2, 0) is 4.74 Å². The molecule has 0 aliphatic carbocycles. The molecule has 0 spiro atoms. The molecule has 2 N–H and O–H groups in total. The number of ether oxygens (including phenoxy) is 1. The molecule has 2 heterocycles. The van der Waals surface area contributed by atoms with Crippen molar-refractivity contribution in [1.82, 2.24) is 25.5 Å². The number of aromatic nitrogens is 4. The van der Waals surface area contributed by atoms with Gasteiger partial charge in [-0.2, -0.15) is 5.10 Å². The van der Waals surface area contributed by atoms with Gasteiger partial charge in [0.15, 0.2) is 5.65 Å². The first kappa shape index (κ1) is 15.1. The van der Waals surface area contributed by atoms with Crippen LogP contribution in [0.2, 0.25) is 5.15 Å². The summed E-state index contributed by atoms with van der Waals surface area (Å²) in [7, 11) is 0. The molecule has 0 radical (unpaired) electrons. The number of H-pyrrole nitrogens is 1. The topological polar surface area (TPSA) is 92.8 Å². The Hall–Kier alpha value is -2.33. The first-order chi connectivity index (χ1) is 9.87. The summed E-state index contributed by atoms with van der Waals surface area (Å²) in [4.78, 5) is 19.3. The Morgan fingerprint density at radius 3 is 2.95 bits per heavy atom. The standard InChI is InChI=1S/C13H14ClN5O2/c1-13(2,3)21-12(20)15-6-4-5-8-9-10(14)16-7-17-11(9)19-18-8/h7H,6H2,1-3H3,(H,15,20)(H,16,17,18,19). The summed E-state index contributed by atoms with van der Waals surface area (Å²) >= 11 is 5.97. The van der Waals surface area contributed by atoms with Gasteiger partial charge >= 0.3 is 6.09 Å². The van der Waals surface area contributed by atoms with E-state index in [1.807, 2.05) is 0 Å². The fourth-order valence-corrected chi connectivity index (χ4v) is 1.70. The van der Waals surface area contributed by atoms with Crippen LogP contribution in [0.4, 0.5) is 4.79 Å². The predicted molar refractivity (Wildman–Crippen MR) is 77.8 cm³/mol. The monoisotopic (exact) mass is 307 g/mol. The van der Waals surface area contributed by atoms with Crippen molar-refractivity contribution in [2.45, 2.75) is 26.4 Å². The molecule has 1 amide bonds. The smallest absolute Gasteiger partial charge is 0.408 e. The number of hydrogen-bond donors (Lipinski definition) is 2. The minimum Gasteiger partial charge on any atom is -0.444 e. The van der Waals surface area contributed by atoms with Crippen LogP contribution in [0.3, 0.4) is 0 Å². The number of aromatic amines is 1. The van der Waals surface area contributed by atoms with Gasteiger partial charge in [-0.05, 0) is 26.7 Å². The van der Waals surface area contributed by atoms with E-state index in [1.54, 1.807) is 20.8 Å². The Balaban J connectivity index is 2.01. The number of amides is 1. The predicted octanol–water partition coefficient (Wildman–Crippen LogP) is 1.88. The van der Waals surface area contributed by atoms with Gasteiger partial charge in [0.2, 0.25) is 0 Å². The number of alkyl carbamates (subject to hydrolysis) is 1. The number of halogens is 1. The molecule has 0 aromatic carbocycles. The average Bonchev–Trinajstić information content (AvgIpc) is 2.77. The van der Waals surface area contributed by atoms with Gasteiger partial charge in [-0.15, -0.1) is 0 Å². The molecule has 0 saturated carbocycles. The van der Waals surface area contributed by atoms with Gasteiger partial charge < -0.3 is 10.1 Å². The van der Waals surface area contributed by atoms with Crippen LogP contribution in [0.1, 0.15) is 26.5 Å². The van der Waals surface area contributed by atoms with E-state index in [4.69, 9.17) is 16.3 Å². The molecule has 21 heavy (non-hydrogen) atoms. The molecule has 0 fully saturated rings. The lowest BCUT2D eigenvalue weighted by Crippen LogP contribution is -2.32. The maximum atomic E-state index is 11.4. The van der Waals surface area contributed by atoms with Gasteiger partial charge in [0.05, 0.1) is 11.9 Å². The third kappa shape index (κ3) is 4.07. The maximum Gasteiger partial charge on any atom is 0.408 e. The summed E-state index contributed by atoms with van der Waals surface area (Å²) in [5.74, 6) is 5.60. The molecular formula is C13H14ClN5O2. The molecule has 110 valence electrons. The molecule has 0 saturated heterocycles. The summed E-state index contributed by atoms with van der Waals surface area (Å²) in [5, 5.41) is 10.1. The van der Waals surface area contributed by atoms with Gasteiger partial charge in [-0.3, -0.25) is 5.10 Å². The van der Waals surface area contributed by atoms with Crippen LogP contribution >= 0.6 is 11.6 Å². The van der Waals surface area contributed by atoms with Crippen molar-refractivity contribution in [2.24, 2.45) is 0 Å². The highest BCUT2D eigenvalue weighted by molar-refractivity contribution is 6.34. The zero-order valence-corrected chi connectivity index (χ0v) is 12.6. The van der Waals surface area contributed by atoms with Crippen molar-refractivity contribution >= 4 is 28.7 Å². The molecule has 8 heteroatoms. The number of nitrogens with one attached hydrogen (secondary N) is 2. The lowest BCUT2D eigenvalue weighted by Gasteiger charge is -2.18. The van der Waals surface area contributed by atoms with E-state index >= 15 is 0 Å². The van der Waals surface area contributed by atoms with Crippen LogP contribution in [0.5, 0.6) is 0 Å². The Bertz CT molecular complexity index is 723. The Kier molecular flexibility index (Phi) is 4.29. The first-order valence-electron chi connectivity index (χ1n) is 6.17. The van der Waals surface area contributed by atoms with Crippen LogP contribution in [-0.4, -0.2) is 38.4 Å². The fourth-order valence-electron chi connectivity index (χ4n) is 1.47. The van der Waals surface area contributed by atoms with Crippen molar-refractivity contribution in [1.29, 1.82) is 0 Å². The molecule has 7 nitrogen and oxygen atoms in total. The van der Waals surface area contributed by atoms with E-state index in [1.165, 1.54) is 6.33 Å². The second-order valence-corrected chi connectivity index (χ2v) is 5.48. The molecule has 0 aliphatic rings. The second-order valence-electron chi connectivity index (χ2n) is 5.12. The Morgan fingerprint density at radius 2 is 2.24 bits per heavy atom. The van der Waals surface area contributed by atoms with Gasteiger partial charge in [0.1, 0.15) is 22.8 Å². The summed E-state index contributed by atoms with van der Waals surface area (Å²) in [6.07, 6.45) is 0.805. The summed E-state index contributed by atoms with van der Waals surface area (Å²) in [5.41, 5.74) is 0.406. The minimum absolute atomic E-state index is 0.140. The highest BCUT2D eigenvalue weighted by Crippen LogP contribution is 2.19. The SMILES string of the molecule is CC(C)(C)OC(=O)NCC#Cc1[nH]nc2ncnc(Cl)c12. The first-order valence-corrected chi connectivity index (χ1v) is 6.55. The Morgan fingerprint density at radius 1 is 1.48 bits per heavy atom. The van der Waals surface area contributed by atoms with E-state index in [2.05, 4.69) is 37.3 Å². The maximum absolute atomic E-state index is 11.4. The van der Waals surface area contributed by atoms with Crippen molar-refractivity contribution in [2.75, 3.05) is 6.54 Å². The van der Waals surface area contributed by atoms with Gasteiger partial charge in [0, 0.05) is 0 Å². The summed E-state index contributed by atoms with van der Waals surface area (Å²) < 4.78 is 5.09. The lowest BCUT2D eigenvalue weighted by molar-refractivity contribution is 0.0535. The highest BCUT2D eigenvalue weighted by atomic mass is 35.5. The van der Waals surface area contributed by atoms with E-state index in [-0.39, 0.29) is 11.7 Å². The number of carbonyl (C=O) groups excluding carboxylic acids is 1. The van der Waals surface area contributed by atoms with Crippen molar-refractivity contribution in [3.05, 3.63) is 17.2 Å². The van der Waals surface area contributed by atoms with Crippen molar-refractivity contribution in [3.63, 3.8) is 0 Å². The number of hydrogen-bond acceptors (Lipinski definition) is 5. The zero-order chi connectivity index (χ0) is 15.5. The molecule has 2 rings (SSSR count). The van der Waals surface area contributed by atoms with Crippen LogP contribution in [0.25, 0.3) is 11.0 Å². The van der Waals surface area contributed by atoms with Crippen molar-refractivity contribution < 1.29 is 9.53 Å². The highest BCUT2D eigenvalue weighted by Gasteiger charge is 2.15. The zero-order valence-electron chi connectivity index (χ0n) is 11.8. The molecule has 0 bridgehead atoms. The fraction of sp³-hybridized carbons (Fsp3) is 0.385. The van der Waals surface area contributed by atoms with Gasteiger partial charge in [0.25, 0.3) is 0 Å². The minimum atomic E-state index is -0.540. The van der Waals surface area contributed by atoms with E-state index < -0.39 is 11.7 Å². The van der Waals surface area contributed by atoms with E-state index in [0.717, 1.165) is 0 Å². The second kappa shape index (κ2) is 5.97. The van der Waals surface area contributed by atoms with Crippen LogP contribution < -0.4 is 5.32 Å². The normalized spacial score (nSPS) is 10.9. The number of rotatable bonds is 1. The molecule has 0 aliphatic heterocycles. The van der Waals surface area contributed by atoms with Crippen LogP contribution in [0.15, 0.2) is 6.33 Å². The molecule has 2 aromatic heterocycles. The average molecular weight is 308 g/mol. The van der Waals surface area contributed by atoms with E-state index in [9.17, 15) is 4.79 Å². The number of nitrogens with zero attached hydrogens (tertiary/aromatic N) is 3. The largest absolute Gasteiger partial charge is 0.444 e. The molecular weight excluding hydrogens is 294 g/mol. The Labute approximate surface area is 126 Å². The van der Waals surface area contributed by atoms with Crippen molar-refractivity contribution in [3.8, 4) is 11.8 Å². The summed E-state index contributed by atoms with van der Waals surface area (Å²) in [6, 6.07) is 0. The third-order valence-electron chi connectivity index (χ3n) is 2.24. The summed E-state index contributed by atoms with van der Waals surface area (Å²) in [6.45, 7) is 5.51. The number of fused-ring (bicyclic) bond motifs is 1. The lowest BCUT2D eigenvalue weighted by atomic mass is 10.2. The molecule has 2 aromatic rings. The third-order valence-corrected chi connectivity index (χ3v) is 2.52. The van der Waals surface area contributed by atoms with Gasteiger partial charge in [-0.25, -0.2) is 14.8 Å². The molecule has 0 unspecified atom stereocenters. The van der Waals surface area contributed by atoms with E-state index in [0.29, 0.717) is 16.7 Å². The molecule has 0 atom stereocenters. The number of carbonyl (C=O) groups is 1. The van der Waals surface area contributed by atoms with Gasteiger partial charge in [-0.1, -0.05) is 17.5 Å². The van der Waals surface area contributed by atoms with Crippen LogP contribution in [0, 0.1) is 11.8 Å². The quantitative estimate of drug-likeness (QED) is 0.620.